The van der Waals surface area contributed by atoms with Crippen LogP contribution in [0.3, 0.4) is 0 Å². The number of aromatic nitrogens is 1. The van der Waals surface area contributed by atoms with Crippen molar-refractivity contribution in [3.05, 3.63) is 68.5 Å². The van der Waals surface area contributed by atoms with E-state index in [4.69, 9.17) is 46.0 Å². The molecule has 0 aliphatic carbocycles. The first-order chi connectivity index (χ1) is 14.8. The first-order valence-corrected chi connectivity index (χ1v) is 10.7. The molecule has 2 aromatic carbocycles. The van der Waals surface area contributed by atoms with E-state index in [0.29, 0.717) is 15.7 Å². The van der Waals surface area contributed by atoms with Crippen LogP contribution >= 0.6 is 46.1 Å². The minimum atomic E-state index is -0.667. The first kappa shape index (κ1) is 22.9. The summed E-state index contributed by atoms with van der Waals surface area (Å²) in [5.74, 6) is 1.93. The number of rotatable bonds is 5. The molecule has 10 heteroatoms. The molecule has 1 aromatic heterocycles. The van der Waals surface area contributed by atoms with Gasteiger partial charge in [-0.25, -0.2) is 4.79 Å². The van der Waals surface area contributed by atoms with E-state index < -0.39 is 12.0 Å². The fourth-order valence-corrected chi connectivity index (χ4v) is 3.82. The van der Waals surface area contributed by atoms with Gasteiger partial charge in [-0.2, -0.15) is 4.98 Å². The number of halogens is 3. The van der Waals surface area contributed by atoms with Crippen molar-refractivity contribution in [3.63, 3.8) is 0 Å². The van der Waals surface area contributed by atoms with Crippen LogP contribution in [-0.4, -0.2) is 35.5 Å². The van der Waals surface area contributed by atoms with Crippen LogP contribution in [0.25, 0.3) is 0 Å². The highest BCUT2D eigenvalue weighted by Gasteiger charge is 2.25. The number of nitrogens with zero attached hydrogens (tertiary/aromatic N) is 3. The lowest BCUT2D eigenvalue weighted by atomic mass is 10.2. The fourth-order valence-electron chi connectivity index (χ4n) is 2.46. The summed E-state index contributed by atoms with van der Waals surface area (Å²) in [7, 11) is 1.50. The first-order valence-electron chi connectivity index (χ1n) is 8.67. The van der Waals surface area contributed by atoms with E-state index in [0.717, 1.165) is 11.3 Å². The van der Waals surface area contributed by atoms with Crippen molar-refractivity contribution in [1.29, 1.82) is 0 Å². The molecule has 2 amide bonds. The van der Waals surface area contributed by atoms with Gasteiger partial charge in [0.1, 0.15) is 0 Å². The zero-order valence-corrected chi connectivity index (χ0v) is 19.1. The highest BCUT2D eigenvalue weighted by molar-refractivity contribution is 7.14. The number of carbonyl (C=O) groups is 2. The lowest BCUT2D eigenvalue weighted by Gasteiger charge is -2.21. The molecular weight excluding hydrogens is 481 g/mol. The largest absolute Gasteiger partial charge is 0.417 e. The second kappa shape index (κ2) is 10.0. The second-order valence-corrected chi connectivity index (χ2v) is 8.25. The van der Waals surface area contributed by atoms with E-state index in [1.165, 1.54) is 34.4 Å². The van der Waals surface area contributed by atoms with E-state index in [1.54, 1.807) is 30.3 Å². The quantitative estimate of drug-likeness (QED) is 0.399. The van der Waals surface area contributed by atoms with Crippen LogP contribution in [0.4, 0.5) is 15.6 Å². The summed E-state index contributed by atoms with van der Waals surface area (Å²) in [5.41, 5.74) is 0.723. The smallest absolute Gasteiger partial charge is 0.390 e. The number of hydrogen-bond acceptors (Lipinski definition) is 5. The Morgan fingerprint density at radius 3 is 2.45 bits per heavy atom. The molecule has 0 bridgehead atoms. The average Bonchev–Trinajstić information content (AvgIpc) is 3.17. The number of thiazole rings is 1. The number of amides is 2. The molecule has 3 rings (SSSR count). The summed E-state index contributed by atoms with van der Waals surface area (Å²) < 4.78 is 5.23. The molecular formula is C21H14Cl3N3O3S. The van der Waals surface area contributed by atoms with Gasteiger partial charge in [0.25, 0.3) is 5.91 Å². The normalized spacial score (nSPS) is 10.3. The van der Waals surface area contributed by atoms with Crippen LogP contribution in [0, 0.1) is 12.3 Å². The Morgan fingerprint density at radius 2 is 1.81 bits per heavy atom. The lowest BCUT2D eigenvalue weighted by Crippen LogP contribution is -2.30. The van der Waals surface area contributed by atoms with Gasteiger partial charge in [0.15, 0.2) is 0 Å². The van der Waals surface area contributed by atoms with Crippen LogP contribution in [0.5, 0.6) is 5.88 Å². The van der Waals surface area contributed by atoms with Crippen LogP contribution in [0.15, 0.2) is 47.8 Å². The molecule has 0 fully saturated rings. The third-order valence-corrected chi connectivity index (χ3v) is 5.55. The Labute approximate surface area is 197 Å². The summed E-state index contributed by atoms with van der Waals surface area (Å²) in [6.07, 6.45) is 4.54. The molecule has 0 saturated heterocycles. The molecule has 0 atom stereocenters. The summed E-state index contributed by atoms with van der Waals surface area (Å²) >= 11 is 19.3. The van der Waals surface area contributed by atoms with Gasteiger partial charge >= 0.3 is 6.09 Å². The van der Waals surface area contributed by atoms with Gasteiger partial charge in [0.2, 0.25) is 11.0 Å². The Bertz CT molecular complexity index is 1160. The molecule has 1 heterocycles. The van der Waals surface area contributed by atoms with E-state index in [2.05, 4.69) is 10.9 Å². The molecule has 0 saturated carbocycles. The number of ether oxygens (including phenoxy) is 1. The Morgan fingerprint density at radius 1 is 1.13 bits per heavy atom. The minimum Gasteiger partial charge on any atom is -0.390 e. The van der Waals surface area contributed by atoms with Gasteiger partial charge in [-0.15, -0.1) is 17.8 Å². The highest BCUT2D eigenvalue weighted by atomic mass is 35.5. The van der Waals surface area contributed by atoms with Crippen molar-refractivity contribution < 1.29 is 14.3 Å². The summed E-state index contributed by atoms with van der Waals surface area (Å²) in [4.78, 5) is 32.3. The number of anilines is 2. The van der Waals surface area contributed by atoms with E-state index >= 15 is 0 Å². The zero-order chi connectivity index (χ0) is 22.5. The van der Waals surface area contributed by atoms with Crippen molar-refractivity contribution in [3.8, 4) is 18.2 Å². The highest BCUT2D eigenvalue weighted by Crippen LogP contribution is 2.35. The fraction of sp³-hybridized carbons (Fsp3) is 0.0952. The predicted molar refractivity (Wildman–Crippen MR) is 124 cm³/mol. The monoisotopic (exact) mass is 493 g/mol. The standard InChI is InChI=1S/C21H14Cl3N3O3S/c1-3-10-26(2)21(29)30-18-12-31-20(25-18)27(15-7-4-13(22)5-8-15)19(28)16-9-6-14(23)11-17(16)24/h1,4-9,11-12H,10H2,2H3. The third kappa shape index (κ3) is 5.49. The Balaban J connectivity index is 1.97. The Hall–Kier alpha value is -2.76. The van der Waals surface area contributed by atoms with Crippen molar-refractivity contribution >= 4 is 69.0 Å². The maximum Gasteiger partial charge on any atom is 0.417 e. The van der Waals surface area contributed by atoms with Gasteiger partial charge in [0, 0.05) is 17.1 Å². The SMILES string of the molecule is C#CCN(C)C(=O)Oc1csc(N(C(=O)c2ccc(Cl)cc2Cl)c2ccc(Cl)cc2)n1. The maximum absolute atomic E-state index is 13.4. The van der Waals surface area contributed by atoms with Crippen molar-refractivity contribution in [2.24, 2.45) is 0 Å². The van der Waals surface area contributed by atoms with Gasteiger partial charge < -0.3 is 4.74 Å². The molecule has 0 aliphatic heterocycles. The van der Waals surface area contributed by atoms with Crippen LogP contribution < -0.4 is 9.64 Å². The second-order valence-electron chi connectivity index (χ2n) is 6.14. The van der Waals surface area contributed by atoms with E-state index in [9.17, 15) is 9.59 Å². The van der Waals surface area contributed by atoms with Gasteiger partial charge in [-0.05, 0) is 42.5 Å². The summed E-state index contributed by atoms with van der Waals surface area (Å²) in [6, 6.07) is 11.2. The number of carbonyl (C=O) groups excluding carboxylic acids is 2. The van der Waals surface area contributed by atoms with E-state index in [-0.39, 0.29) is 28.1 Å². The number of terminal acetylenes is 1. The lowest BCUT2D eigenvalue weighted by molar-refractivity contribution is 0.0999. The van der Waals surface area contributed by atoms with E-state index in [1.807, 2.05) is 0 Å². The predicted octanol–water partition coefficient (Wildman–Crippen LogP) is 6.15. The molecule has 0 N–H and O–H groups in total. The molecule has 0 aliphatic rings. The van der Waals surface area contributed by atoms with Crippen molar-refractivity contribution in [1.82, 2.24) is 9.88 Å². The number of hydrogen-bond donors (Lipinski definition) is 0. The molecule has 0 spiro atoms. The van der Waals surface area contributed by atoms with Gasteiger partial charge in [0.05, 0.1) is 28.2 Å². The van der Waals surface area contributed by atoms with Crippen LogP contribution in [0.1, 0.15) is 10.4 Å². The topological polar surface area (TPSA) is 62.7 Å². The molecule has 6 nitrogen and oxygen atoms in total. The molecule has 0 radical (unpaired) electrons. The van der Waals surface area contributed by atoms with Crippen LogP contribution in [0.2, 0.25) is 15.1 Å². The Kier molecular flexibility index (Phi) is 7.42. The minimum absolute atomic E-state index is 0.0304. The average molecular weight is 495 g/mol. The molecule has 31 heavy (non-hydrogen) atoms. The van der Waals surface area contributed by atoms with Gasteiger partial charge in [-0.3, -0.25) is 14.6 Å². The molecule has 158 valence electrons. The summed E-state index contributed by atoms with van der Waals surface area (Å²) in [5, 5.41) is 2.87. The zero-order valence-electron chi connectivity index (χ0n) is 16.0. The molecule has 3 aromatic rings. The van der Waals surface area contributed by atoms with Crippen LogP contribution in [-0.2, 0) is 0 Å². The van der Waals surface area contributed by atoms with Crippen molar-refractivity contribution in [2.75, 3.05) is 18.5 Å². The third-order valence-electron chi connectivity index (χ3n) is 3.94. The van der Waals surface area contributed by atoms with Crippen molar-refractivity contribution in [2.45, 2.75) is 0 Å². The number of benzene rings is 2. The maximum atomic E-state index is 13.4. The molecule has 0 unspecified atom stereocenters. The summed E-state index contributed by atoms with van der Waals surface area (Å²) in [6.45, 7) is 0.0836. The van der Waals surface area contributed by atoms with Gasteiger partial charge in [-0.1, -0.05) is 40.7 Å².